The first-order valence-corrected chi connectivity index (χ1v) is 8.22. The van der Waals surface area contributed by atoms with Crippen molar-refractivity contribution in [1.82, 2.24) is 9.80 Å². The van der Waals surface area contributed by atoms with E-state index < -0.39 is 0 Å². The molecular weight excluding hydrogens is 244 g/mol. The predicted molar refractivity (Wildman–Crippen MR) is 90.3 cm³/mol. The van der Waals surface area contributed by atoms with Gasteiger partial charge in [0.1, 0.15) is 0 Å². The maximum Gasteiger partial charge on any atom is 0.0340 e. The van der Waals surface area contributed by atoms with Crippen LogP contribution in [0.4, 0.5) is 0 Å². The van der Waals surface area contributed by atoms with Crippen LogP contribution in [-0.4, -0.2) is 44.0 Å². The van der Waals surface area contributed by atoms with Gasteiger partial charge in [0.05, 0.1) is 0 Å². The number of nitrogens with zero attached hydrogens (tertiary/aromatic N) is 2. The van der Waals surface area contributed by atoms with Gasteiger partial charge in [-0.05, 0) is 83.1 Å². The van der Waals surface area contributed by atoms with Gasteiger partial charge in [0, 0.05) is 34.2 Å². The van der Waals surface area contributed by atoms with Gasteiger partial charge in [0.25, 0.3) is 0 Å². The lowest BCUT2D eigenvalue weighted by molar-refractivity contribution is -0.231. The standard InChI is InChI=1S/C18H38N2/c1-13(2)19-15(5,6)17(9,10)20(14(3)4)18(11,12)16(19,7)8/h13-14H,1-12H3. The Morgan fingerprint density at radius 3 is 0.700 bits per heavy atom. The largest absolute Gasteiger partial charge is 0.287 e. The molecule has 1 fully saturated rings. The zero-order valence-electron chi connectivity index (χ0n) is 16.0. The van der Waals surface area contributed by atoms with Gasteiger partial charge in [-0.2, -0.15) is 0 Å². The van der Waals surface area contributed by atoms with E-state index in [0.717, 1.165) is 0 Å². The Morgan fingerprint density at radius 2 is 0.600 bits per heavy atom. The molecule has 0 aromatic rings. The molecule has 1 rings (SSSR count). The molecule has 20 heavy (non-hydrogen) atoms. The van der Waals surface area contributed by atoms with Crippen molar-refractivity contribution in [3.05, 3.63) is 0 Å². The van der Waals surface area contributed by atoms with Crippen molar-refractivity contribution in [3.63, 3.8) is 0 Å². The van der Waals surface area contributed by atoms with Crippen LogP contribution in [0.2, 0.25) is 0 Å². The van der Waals surface area contributed by atoms with Gasteiger partial charge in [-0.1, -0.05) is 0 Å². The second-order valence-corrected chi connectivity index (χ2v) is 9.16. The Balaban J connectivity index is 3.61. The summed E-state index contributed by atoms with van der Waals surface area (Å²) in [5.74, 6) is 0. The Bertz CT molecular complexity index is 298. The zero-order chi connectivity index (χ0) is 16.3. The van der Waals surface area contributed by atoms with Gasteiger partial charge < -0.3 is 0 Å². The highest BCUT2D eigenvalue weighted by Crippen LogP contribution is 2.52. The van der Waals surface area contributed by atoms with Crippen LogP contribution in [0.1, 0.15) is 83.1 Å². The molecule has 120 valence electrons. The molecule has 1 aliphatic heterocycles. The summed E-state index contributed by atoms with van der Waals surface area (Å²) in [7, 11) is 0. The van der Waals surface area contributed by atoms with Crippen LogP contribution in [0.3, 0.4) is 0 Å². The fraction of sp³-hybridized carbons (Fsp3) is 1.00. The van der Waals surface area contributed by atoms with Crippen LogP contribution in [0.5, 0.6) is 0 Å². The van der Waals surface area contributed by atoms with E-state index in [1.54, 1.807) is 0 Å². The average Bonchev–Trinajstić information content (AvgIpc) is 2.10. The Labute approximate surface area is 127 Å². The van der Waals surface area contributed by atoms with E-state index in [-0.39, 0.29) is 22.2 Å². The van der Waals surface area contributed by atoms with Crippen LogP contribution in [-0.2, 0) is 0 Å². The van der Waals surface area contributed by atoms with E-state index in [0.29, 0.717) is 12.1 Å². The summed E-state index contributed by atoms with van der Waals surface area (Å²) in [4.78, 5) is 5.47. The van der Waals surface area contributed by atoms with Crippen molar-refractivity contribution >= 4 is 0 Å². The predicted octanol–water partition coefficient (Wildman–Crippen LogP) is 4.54. The molecular formula is C18H38N2. The molecule has 0 radical (unpaired) electrons. The highest BCUT2D eigenvalue weighted by Gasteiger charge is 2.64. The van der Waals surface area contributed by atoms with Crippen LogP contribution >= 0.6 is 0 Å². The quantitative estimate of drug-likeness (QED) is 0.734. The summed E-state index contributed by atoms with van der Waals surface area (Å²) in [6.07, 6.45) is 0. The molecule has 1 heterocycles. The molecule has 2 nitrogen and oxygen atoms in total. The molecule has 0 bridgehead atoms. The summed E-state index contributed by atoms with van der Waals surface area (Å²) in [6.45, 7) is 28.7. The van der Waals surface area contributed by atoms with Gasteiger partial charge in [-0.3, -0.25) is 9.80 Å². The molecule has 0 aliphatic carbocycles. The normalized spacial score (nSPS) is 29.1. The molecule has 2 heteroatoms. The molecule has 0 saturated carbocycles. The zero-order valence-corrected chi connectivity index (χ0v) is 16.0. The third-order valence-corrected chi connectivity index (χ3v) is 6.44. The lowest BCUT2D eigenvalue weighted by atomic mass is 9.63. The molecule has 0 amide bonds. The second-order valence-electron chi connectivity index (χ2n) is 9.16. The topological polar surface area (TPSA) is 6.48 Å². The van der Waals surface area contributed by atoms with Crippen molar-refractivity contribution in [3.8, 4) is 0 Å². The SMILES string of the molecule is CC(C)N1C(C)(C)C(C)(C)N(C(C)C)C(C)(C)C1(C)C. The first-order valence-electron chi connectivity index (χ1n) is 8.22. The van der Waals surface area contributed by atoms with Gasteiger partial charge >= 0.3 is 0 Å². The fourth-order valence-corrected chi connectivity index (χ4v) is 5.16. The lowest BCUT2D eigenvalue weighted by Gasteiger charge is -2.73. The van der Waals surface area contributed by atoms with Crippen molar-refractivity contribution in [2.45, 2.75) is 117 Å². The summed E-state index contributed by atoms with van der Waals surface area (Å²) < 4.78 is 0. The van der Waals surface area contributed by atoms with E-state index in [9.17, 15) is 0 Å². The maximum atomic E-state index is 2.74. The molecule has 0 spiro atoms. The Morgan fingerprint density at radius 1 is 0.450 bits per heavy atom. The molecule has 1 aliphatic rings. The molecule has 0 unspecified atom stereocenters. The minimum absolute atomic E-state index is 0.116. The Kier molecular flexibility index (Phi) is 4.23. The van der Waals surface area contributed by atoms with Gasteiger partial charge in [0.15, 0.2) is 0 Å². The highest BCUT2D eigenvalue weighted by molar-refractivity contribution is 5.21. The van der Waals surface area contributed by atoms with Gasteiger partial charge in [-0.15, -0.1) is 0 Å². The van der Waals surface area contributed by atoms with E-state index in [2.05, 4.69) is 92.9 Å². The molecule has 0 aromatic heterocycles. The Hall–Kier alpha value is -0.0800. The van der Waals surface area contributed by atoms with Gasteiger partial charge in [0.2, 0.25) is 0 Å². The lowest BCUT2D eigenvalue weighted by Crippen LogP contribution is -2.85. The third kappa shape index (κ3) is 2.06. The minimum Gasteiger partial charge on any atom is -0.287 e. The van der Waals surface area contributed by atoms with Crippen LogP contribution in [0, 0.1) is 0 Å². The highest BCUT2D eigenvalue weighted by atomic mass is 15.4. The molecule has 0 aromatic carbocycles. The minimum atomic E-state index is 0.116. The van der Waals surface area contributed by atoms with E-state index in [4.69, 9.17) is 0 Å². The number of hydrogen-bond acceptors (Lipinski definition) is 2. The first-order chi connectivity index (χ1) is 8.63. The van der Waals surface area contributed by atoms with Crippen molar-refractivity contribution in [2.75, 3.05) is 0 Å². The van der Waals surface area contributed by atoms with Crippen LogP contribution in [0.15, 0.2) is 0 Å². The summed E-state index contributed by atoms with van der Waals surface area (Å²) in [6, 6.07) is 1.07. The number of hydrogen-bond donors (Lipinski definition) is 0. The molecule has 1 saturated heterocycles. The maximum absolute atomic E-state index is 2.74. The number of rotatable bonds is 2. The monoisotopic (exact) mass is 282 g/mol. The van der Waals surface area contributed by atoms with Crippen molar-refractivity contribution in [2.24, 2.45) is 0 Å². The van der Waals surface area contributed by atoms with Crippen molar-refractivity contribution < 1.29 is 0 Å². The third-order valence-electron chi connectivity index (χ3n) is 6.44. The first kappa shape index (κ1) is 18.0. The smallest absolute Gasteiger partial charge is 0.0340 e. The van der Waals surface area contributed by atoms with Gasteiger partial charge in [-0.25, -0.2) is 0 Å². The van der Waals surface area contributed by atoms with E-state index in [1.165, 1.54) is 0 Å². The van der Waals surface area contributed by atoms with E-state index >= 15 is 0 Å². The summed E-state index contributed by atoms with van der Waals surface area (Å²) >= 11 is 0. The summed E-state index contributed by atoms with van der Waals surface area (Å²) in [5, 5.41) is 0. The fourth-order valence-electron chi connectivity index (χ4n) is 5.16. The van der Waals surface area contributed by atoms with Crippen molar-refractivity contribution in [1.29, 1.82) is 0 Å². The second kappa shape index (κ2) is 4.71. The summed E-state index contributed by atoms with van der Waals surface area (Å²) in [5.41, 5.74) is 0.462. The molecule has 0 N–H and O–H groups in total. The van der Waals surface area contributed by atoms with E-state index in [1.807, 2.05) is 0 Å². The number of piperazine rings is 1. The van der Waals surface area contributed by atoms with Crippen LogP contribution < -0.4 is 0 Å². The van der Waals surface area contributed by atoms with Crippen LogP contribution in [0.25, 0.3) is 0 Å². The average molecular weight is 283 g/mol. The molecule has 0 atom stereocenters.